The van der Waals surface area contributed by atoms with Crippen LogP contribution in [0.3, 0.4) is 0 Å². The molecule has 0 bridgehead atoms. The van der Waals surface area contributed by atoms with E-state index in [0.29, 0.717) is 0 Å². The van der Waals surface area contributed by atoms with Crippen LogP contribution in [0.4, 0.5) is 0 Å². The maximum atomic E-state index is 5.53. The molecule has 0 aromatic carbocycles. The van der Waals surface area contributed by atoms with Crippen molar-refractivity contribution in [2.24, 2.45) is 0 Å². The maximum Gasteiger partial charge on any atom is 0.187 e. The zero-order valence-electron chi connectivity index (χ0n) is 7.18. The molecule has 2 nitrogen and oxygen atoms in total. The Labute approximate surface area is 64.0 Å². The van der Waals surface area contributed by atoms with Crippen molar-refractivity contribution in [3.63, 3.8) is 0 Å². The highest BCUT2D eigenvalue weighted by atomic mass is 28.4. The average Bonchev–Trinajstić information content (AvgIpc) is 1.81. The average molecular weight is 160 g/mol. The van der Waals surface area contributed by atoms with E-state index in [1.54, 1.807) is 13.2 Å². The molecule has 0 saturated carbocycles. The second-order valence-electron chi connectivity index (χ2n) is 3.07. The lowest BCUT2D eigenvalue weighted by Crippen LogP contribution is -2.31. The van der Waals surface area contributed by atoms with E-state index in [1.807, 2.05) is 0 Å². The molecule has 0 spiro atoms. The minimum Gasteiger partial charge on any atom is -0.390 e. The van der Waals surface area contributed by atoms with Crippen LogP contribution in [-0.4, -0.2) is 21.7 Å². The first-order valence-corrected chi connectivity index (χ1v) is 6.73. The Morgan fingerprint density at radius 1 is 1.40 bits per heavy atom. The van der Waals surface area contributed by atoms with Crippen molar-refractivity contribution in [2.75, 3.05) is 7.11 Å². The van der Waals surface area contributed by atoms with Crippen LogP contribution in [-0.2, 0) is 9.16 Å². The summed E-state index contributed by atoms with van der Waals surface area (Å²) in [6.45, 7) is 9.93. The molecule has 0 rings (SSSR count). The normalized spacial score (nSPS) is 14.8. The zero-order chi connectivity index (χ0) is 8.20. The summed E-state index contributed by atoms with van der Waals surface area (Å²) in [6, 6.07) is 0. The third-order valence-electron chi connectivity index (χ3n) is 0.894. The van der Waals surface area contributed by atoms with Crippen LogP contribution in [0.1, 0.15) is 0 Å². The molecule has 0 fully saturated rings. The Morgan fingerprint density at radius 2 is 1.90 bits per heavy atom. The van der Waals surface area contributed by atoms with Crippen molar-refractivity contribution in [2.45, 2.75) is 25.9 Å². The lowest BCUT2D eigenvalue weighted by molar-refractivity contribution is -0.0212. The summed E-state index contributed by atoms with van der Waals surface area (Å²) in [4.78, 5) is 0. The van der Waals surface area contributed by atoms with E-state index in [0.717, 1.165) is 0 Å². The molecular weight excluding hydrogens is 144 g/mol. The first kappa shape index (κ1) is 9.88. The first-order valence-electron chi connectivity index (χ1n) is 3.33. The van der Waals surface area contributed by atoms with Crippen LogP contribution >= 0.6 is 0 Å². The van der Waals surface area contributed by atoms with E-state index < -0.39 is 8.32 Å². The third-order valence-corrected chi connectivity index (χ3v) is 1.83. The molecule has 0 aromatic heterocycles. The van der Waals surface area contributed by atoms with Gasteiger partial charge in [-0.1, -0.05) is 6.58 Å². The molecule has 60 valence electrons. The highest BCUT2D eigenvalue weighted by molar-refractivity contribution is 6.69. The summed E-state index contributed by atoms with van der Waals surface area (Å²) in [5.41, 5.74) is 0. The molecule has 3 heteroatoms. The number of hydrogen-bond acceptors (Lipinski definition) is 2. The molecule has 0 radical (unpaired) electrons. The second-order valence-corrected chi connectivity index (χ2v) is 7.53. The minimum absolute atomic E-state index is 0.230. The SMILES string of the molecule is C=CC(OC)O[Si](C)(C)C. The van der Waals surface area contributed by atoms with Gasteiger partial charge < -0.3 is 9.16 Å². The molecule has 0 amide bonds. The highest BCUT2D eigenvalue weighted by Crippen LogP contribution is 2.07. The molecule has 0 saturated heterocycles. The summed E-state index contributed by atoms with van der Waals surface area (Å²) in [6.07, 6.45) is 1.43. The number of methoxy groups -OCH3 is 1. The fourth-order valence-electron chi connectivity index (χ4n) is 0.541. The summed E-state index contributed by atoms with van der Waals surface area (Å²) >= 11 is 0. The van der Waals surface area contributed by atoms with Crippen molar-refractivity contribution in [3.05, 3.63) is 12.7 Å². The van der Waals surface area contributed by atoms with E-state index in [1.165, 1.54) is 0 Å². The number of hydrogen-bond donors (Lipinski definition) is 0. The smallest absolute Gasteiger partial charge is 0.187 e. The van der Waals surface area contributed by atoms with Gasteiger partial charge in [0.2, 0.25) is 0 Å². The van der Waals surface area contributed by atoms with E-state index in [2.05, 4.69) is 26.2 Å². The molecule has 10 heavy (non-hydrogen) atoms. The van der Waals surface area contributed by atoms with E-state index >= 15 is 0 Å². The van der Waals surface area contributed by atoms with Crippen LogP contribution in [0.2, 0.25) is 19.6 Å². The molecule has 1 atom stereocenters. The van der Waals surface area contributed by atoms with Gasteiger partial charge >= 0.3 is 0 Å². The summed E-state index contributed by atoms with van der Waals surface area (Å²) < 4.78 is 10.5. The Balaban J connectivity index is 3.74. The summed E-state index contributed by atoms with van der Waals surface area (Å²) in [5, 5.41) is 0. The molecular formula is C7H16O2Si. The van der Waals surface area contributed by atoms with Gasteiger partial charge in [0.15, 0.2) is 14.6 Å². The van der Waals surface area contributed by atoms with Crippen LogP contribution in [0.25, 0.3) is 0 Å². The zero-order valence-corrected chi connectivity index (χ0v) is 8.18. The molecule has 0 N–H and O–H groups in total. The number of ether oxygens (including phenoxy) is 1. The third kappa shape index (κ3) is 4.73. The van der Waals surface area contributed by atoms with E-state index in [-0.39, 0.29) is 6.29 Å². The van der Waals surface area contributed by atoms with Gasteiger partial charge in [-0.2, -0.15) is 0 Å². The van der Waals surface area contributed by atoms with Gasteiger partial charge in [-0.05, 0) is 25.7 Å². The van der Waals surface area contributed by atoms with Crippen molar-refractivity contribution in [1.29, 1.82) is 0 Å². The fourth-order valence-corrected chi connectivity index (χ4v) is 1.43. The Hall–Kier alpha value is -0.123. The summed E-state index contributed by atoms with van der Waals surface area (Å²) in [5.74, 6) is 0. The Bertz CT molecular complexity index is 107. The van der Waals surface area contributed by atoms with Gasteiger partial charge in [-0.25, -0.2) is 0 Å². The topological polar surface area (TPSA) is 18.5 Å². The molecule has 1 unspecified atom stereocenters. The van der Waals surface area contributed by atoms with Gasteiger partial charge in [0.05, 0.1) is 0 Å². The van der Waals surface area contributed by atoms with E-state index in [4.69, 9.17) is 9.16 Å². The molecule has 0 heterocycles. The van der Waals surface area contributed by atoms with Crippen molar-refractivity contribution in [3.8, 4) is 0 Å². The van der Waals surface area contributed by atoms with Crippen LogP contribution in [0.15, 0.2) is 12.7 Å². The predicted molar refractivity (Wildman–Crippen MR) is 45.4 cm³/mol. The van der Waals surface area contributed by atoms with E-state index in [9.17, 15) is 0 Å². The molecule has 0 aliphatic rings. The van der Waals surface area contributed by atoms with Gasteiger partial charge in [0.1, 0.15) is 0 Å². The van der Waals surface area contributed by atoms with Crippen molar-refractivity contribution >= 4 is 8.32 Å². The monoisotopic (exact) mass is 160 g/mol. The van der Waals surface area contributed by atoms with Crippen LogP contribution in [0, 0.1) is 0 Å². The lowest BCUT2D eigenvalue weighted by Gasteiger charge is -2.22. The van der Waals surface area contributed by atoms with Crippen molar-refractivity contribution < 1.29 is 9.16 Å². The first-order chi connectivity index (χ1) is 4.49. The minimum atomic E-state index is -1.46. The van der Waals surface area contributed by atoms with Gasteiger partial charge in [-0.3, -0.25) is 0 Å². The molecule has 0 aromatic rings. The van der Waals surface area contributed by atoms with Gasteiger partial charge in [-0.15, -0.1) is 0 Å². The van der Waals surface area contributed by atoms with Gasteiger partial charge in [0, 0.05) is 7.11 Å². The predicted octanol–water partition coefficient (Wildman–Crippen LogP) is 2.00. The second kappa shape index (κ2) is 3.90. The number of rotatable bonds is 4. The van der Waals surface area contributed by atoms with Crippen LogP contribution < -0.4 is 0 Å². The Kier molecular flexibility index (Phi) is 3.86. The maximum absolute atomic E-state index is 5.53. The standard InChI is InChI=1S/C7H16O2Si/c1-6-7(8-2)9-10(3,4)5/h6-7H,1H2,2-5H3. The van der Waals surface area contributed by atoms with Crippen LogP contribution in [0.5, 0.6) is 0 Å². The van der Waals surface area contributed by atoms with Crippen molar-refractivity contribution in [1.82, 2.24) is 0 Å². The highest BCUT2D eigenvalue weighted by Gasteiger charge is 2.18. The molecule has 0 aliphatic heterocycles. The quantitative estimate of drug-likeness (QED) is 0.356. The largest absolute Gasteiger partial charge is 0.390 e. The summed E-state index contributed by atoms with van der Waals surface area (Å²) in [7, 11) is 0.159. The fraction of sp³-hybridized carbons (Fsp3) is 0.714. The Morgan fingerprint density at radius 3 is 2.00 bits per heavy atom. The van der Waals surface area contributed by atoms with Gasteiger partial charge in [0.25, 0.3) is 0 Å². The lowest BCUT2D eigenvalue weighted by atomic mass is 10.6. The molecule has 0 aliphatic carbocycles.